The average Bonchev–Trinajstić information content (AvgIpc) is 1.84. The highest BCUT2D eigenvalue weighted by atomic mass is 19.1. The fourth-order valence-corrected chi connectivity index (χ4v) is 0.279. The largest absolute Gasteiger partial charge is 0.509 e. The van der Waals surface area contributed by atoms with E-state index < -0.39 is 17.6 Å². The third-order valence-corrected chi connectivity index (χ3v) is 0.776. The molecular formula is C5H7FO3. The topological polar surface area (TPSA) is 57.5 Å². The lowest BCUT2D eigenvalue weighted by Gasteiger charge is -1.92. The second kappa shape index (κ2) is 3.06. The Labute approximate surface area is 51.4 Å². The molecule has 9 heavy (non-hydrogen) atoms. The second-order valence-electron chi connectivity index (χ2n) is 1.42. The highest BCUT2D eigenvalue weighted by molar-refractivity contribution is 5.84. The van der Waals surface area contributed by atoms with Crippen molar-refractivity contribution in [1.82, 2.24) is 0 Å². The van der Waals surface area contributed by atoms with Crippen molar-refractivity contribution in [3.05, 3.63) is 11.6 Å². The van der Waals surface area contributed by atoms with Gasteiger partial charge in [-0.05, 0) is 0 Å². The van der Waals surface area contributed by atoms with Crippen LogP contribution in [0, 0.1) is 0 Å². The maximum Gasteiger partial charge on any atom is 0.368 e. The number of halogens is 1. The molecule has 0 amide bonds. The number of aliphatic carboxylic acids is 1. The van der Waals surface area contributed by atoms with Gasteiger partial charge in [0.15, 0.2) is 0 Å². The molecule has 0 saturated heterocycles. The van der Waals surface area contributed by atoms with Crippen LogP contribution in [-0.4, -0.2) is 16.2 Å². The number of rotatable bonds is 2. The Morgan fingerprint density at radius 2 is 2.00 bits per heavy atom. The van der Waals surface area contributed by atoms with Gasteiger partial charge in [-0.15, -0.1) is 0 Å². The number of hydrogen-bond donors (Lipinski definition) is 2. The fourth-order valence-electron chi connectivity index (χ4n) is 0.279. The van der Waals surface area contributed by atoms with Gasteiger partial charge >= 0.3 is 5.97 Å². The number of hydrogen-bond acceptors (Lipinski definition) is 2. The summed E-state index contributed by atoms with van der Waals surface area (Å²) in [7, 11) is 0. The third-order valence-electron chi connectivity index (χ3n) is 0.776. The van der Waals surface area contributed by atoms with E-state index in [1.54, 1.807) is 0 Å². The lowest BCUT2D eigenvalue weighted by molar-refractivity contribution is -0.134. The summed E-state index contributed by atoms with van der Waals surface area (Å²) in [6.45, 7) is 1.46. The first-order chi connectivity index (χ1) is 4.09. The smallest absolute Gasteiger partial charge is 0.368 e. The fraction of sp³-hybridized carbons (Fsp3) is 0.400. The highest BCUT2D eigenvalue weighted by Gasteiger charge is 2.10. The van der Waals surface area contributed by atoms with Gasteiger partial charge in [-0.1, -0.05) is 6.92 Å². The van der Waals surface area contributed by atoms with Gasteiger partial charge in [-0.2, -0.15) is 4.39 Å². The molecular weight excluding hydrogens is 127 g/mol. The van der Waals surface area contributed by atoms with E-state index in [2.05, 4.69) is 0 Å². The number of aliphatic hydroxyl groups excluding tert-OH is 1. The summed E-state index contributed by atoms with van der Waals surface area (Å²) in [5.74, 6) is -3.92. The van der Waals surface area contributed by atoms with Crippen LogP contribution in [0.3, 0.4) is 0 Å². The number of carbonyl (C=O) groups is 1. The molecule has 0 unspecified atom stereocenters. The van der Waals surface area contributed by atoms with Crippen molar-refractivity contribution in [3.63, 3.8) is 0 Å². The van der Waals surface area contributed by atoms with Crippen molar-refractivity contribution in [1.29, 1.82) is 0 Å². The minimum Gasteiger partial charge on any atom is -0.509 e. The molecule has 3 nitrogen and oxygen atoms in total. The van der Waals surface area contributed by atoms with Crippen molar-refractivity contribution in [3.8, 4) is 0 Å². The molecule has 0 aliphatic carbocycles. The maximum absolute atomic E-state index is 11.9. The molecule has 0 fully saturated rings. The van der Waals surface area contributed by atoms with Crippen LogP contribution in [0.15, 0.2) is 11.6 Å². The monoisotopic (exact) mass is 134 g/mol. The van der Waals surface area contributed by atoms with Gasteiger partial charge in [0.05, 0.1) is 0 Å². The van der Waals surface area contributed by atoms with Crippen LogP contribution in [0.4, 0.5) is 4.39 Å². The van der Waals surface area contributed by atoms with Crippen LogP contribution in [0.1, 0.15) is 13.3 Å². The number of aliphatic hydroxyl groups is 1. The standard InChI is InChI=1S/C5H7FO3/c1-2-3(7)4(6)5(8)9/h7H,2H2,1H3,(H,8,9). The summed E-state index contributed by atoms with van der Waals surface area (Å²) in [5, 5.41) is 16.3. The van der Waals surface area contributed by atoms with E-state index in [1.165, 1.54) is 6.92 Å². The Bertz CT molecular complexity index is 150. The van der Waals surface area contributed by atoms with Gasteiger partial charge in [-0.3, -0.25) is 0 Å². The van der Waals surface area contributed by atoms with E-state index in [9.17, 15) is 9.18 Å². The highest BCUT2D eigenvalue weighted by Crippen LogP contribution is 2.05. The zero-order valence-corrected chi connectivity index (χ0v) is 4.89. The molecule has 0 radical (unpaired) electrons. The van der Waals surface area contributed by atoms with Crippen LogP contribution in [-0.2, 0) is 4.79 Å². The molecule has 0 aromatic rings. The van der Waals surface area contributed by atoms with E-state index in [-0.39, 0.29) is 6.42 Å². The van der Waals surface area contributed by atoms with E-state index >= 15 is 0 Å². The molecule has 0 aromatic carbocycles. The van der Waals surface area contributed by atoms with Crippen LogP contribution in [0.5, 0.6) is 0 Å². The Kier molecular flexibility index (Phi) is 2.70. The van der Waals surface area contributed by atoms with E-state index in [0.717, 1.165) is 0 Å². The molecule has 4 heteroatoms. The first kappa shape index (κ1) is 7.94. The molecule has 0 heterocycles. The molecule has 0 aliphatic heterocycles. The van der Waals surface area contributed by atoms with Crippen molar-refractivity contribution in [2.24, 2.45) is 0 Å². The molecule has 0 spiro atoms. The van der Waals surface area contributed by atoms with E-state index in [1.807, 2.05) is 0 Å². The SMILES string of the molecule is CCC(O)=C(F)C(=O)O. The molecule has 52 valence electrons. The molecule has 0 atom stereocenters. The van der Waals surface area contributed by atoms with Gasteiger partial charge in [0.25, 0.3) is 0 Å². The summed E-state index contributed by atoms with van der Waals surface area (Å²) >= 11 is 0. The zero-order valence-electron chi connectivity index (χ0n) is 4.89. The van der Waals surface area contributed by atoms with Crippen LogP contribution < -0.4 is 0 Å². The molecule has 0 aliphatic rings. The first-order valence-electron chi connectivity index (χ1n) is 2.40. The Morgan fingerprint density at radius 1 is 1.56 bits per heavy atom. The molecule has 0 rings (SSSR count). The summed E-state index contributed by atoms with van der Waals surface area (Å²) in [4.78, 5) is 9.71. The van der Waals surface area contributed by atoms with Gasteiger partial charge in [-0.25, -0.2) is 4.79 Å². The predicted molar refractivity (Wildman–Crippen MR) is 28.7 cm³/mol. The van der Waals surface area contributed by atoms with Crippen LogP contribution >= 0.6 is 0 Å². The molecule has 2 N–H and O–H groups in total. The minimum atomic E-state index is -1.73. The quantitative estimate of drug-likeness (QED) is 0.441. The van der Waals surface area contributed by atoms with Gasteiger partial charge in [0.1, 0.15) is 5.76 Å². The van der Waals surface area contributed by atoms with Crippen molar-refractivity contribution in [2.45, 2.75) is 13.3 Å². The van der Waals surface area contributed by atoms with Gasteiger partial charge < -0.3 is 10.2 Å². The maximum atomic E-state index is 11.9. The van der Waals surface area contributed by atoms with E-state index in [4.69, 9.17) is 10.2 Å². The third kappa shape index (κ3) is 2.12. The number of carboxylic acids is 1. The van der Waals surface area contributed by atoms with Crippen molar-refractivity contribution in [2.75, 3.05) is 0 Å². The number of carboxylic acid groups (broad SMARTS) is 1. The number of allylic oxidation sites excluding steroid dienone is 1. The lowest BCUT2D eigenvalue weighted by Crippen LogP contribution is -1.98. The second-order valence-corrected chi connectivity index (χ2v) is 1.42. The van der Waals surface area contributed by atoms with Gasteiger partial charge in [0, 0.05) is 6.42 Å². The van der Waals surface area contributed by atoms with E-state index in [0.29, 0.717) is 0 Å². The summed E-state index contributed by atoms with van der Waals surface area (Å²) in [6, 6.07) is 0. The van der Waals surface area contributed by atoms with Crippen molar-refractivity contribution < 1.29 is 19.4 Å². The summed E-state index contributed by atoms with van der Waals surface area (Å²) in [6.07, 6.45) is -0.00185. The molecule has 0 saturated carbocycles. The lowest BCUT2D eigenvalue weighted by atomic mass is 10.3. The predicted octanol–water partition coefficient (Wildman–Crippen LogP) is 1.22. The van der Waals surface area contributed by atoms with Crippen LogP contribution in [0.25, 0.3) is 0 Å². The molecule has 0 bridgehead atoms. The zero-order chi connectivity index (χ0) is 7.44. The Balaban J connectivity index is 4.28. The van der Waals surface area contributed by atoms with Gasteiger partial charge in [0.2, 0.25) is 5.83 Å². The normalized spacial score (nSPS) is 12.7. The Morgan fingerprint density at radius 3 is 2.11 bits per heavy atom. The molecule has 0 aromatic heterocycles. The van der Waals surface area contributed by atoms with Crippen molar-refractivity contribution >= 4 is 5.97 Å². The summed E-state index contributed by atoms with van der Waals surface area (Å²) in [5.41, 5.74) is 0. The average molecular weight is 134 g/mol. The van der Waals surface area contributed by atoms with Crippen LogP contribution in [0.2, 0.25) is 0 Å². The minimum absolute atomic E-state index is 0.00185. The summed E-state index contributed by atoms with van der Waals surface area (Å²) < 4.78 is 11.9. The first-order valence-corrected chi connectivity index (χ1v) is 2.40. The Hall–Kier alpha value is -1.06.